The van der Waals surface area contributed by atoms with Gasteiger partial charge in [-0.2, -0.15) is 11.8 Å². The lowest BCUT2D eigenvalue weighted by Crippen LogP contribution is -2.14. The van der Waals surface area contributed by atoms with Crippen molar-refractivity contribution < 1.29 is 18.3 Å². The highest BCUT2D eigenvalue weighted by Gasteiger charge is 2.31. The number of Topliss-reactive ketones (excluding diaryl/α,β-unsaturated/α-hetero) is 1. The van der Waals surface area contributed by atoms with Crippen molar-refractivity contribution in [2.75, 3.05) is 29.6 Å². The number of hydrogen-bond donors (Lipinski definition) is 1. The molecule has 7 heteroatoms. The van der Waals surface area contributed by atoms with E-state index in [2.05, 4.69) is 0 Å². The van der Waals surface area contributed by atoms with Crippen LogP contribution in [-0.2, 0) is 9.84 Å². The summed E-state index contributed by atoms with van der Waals surface area (Å²) in [6.45, 7) is 3.86. The smallest absolute Gasteiger partial charge is 0.174 e. The van der Waals surface area contributed by atoms with Crippen LogP contribution in [0.15, 0.2) is 6.07 Å². The Hall–Kier alpha value is -0.790. The predicted octanol–water partition coefficient (Wildman–Crippen LogP) is 1.37. The van der Waals surface area contributed by atoms with E-state index in [0.29, 0.717) is 23.5 Å². The third kappa shape index (κ3) is 3.70. The maximum absolute atomic E-state index is 12.2. The van der Waals surface area contributed by atoms with Crippen LogP contribution in [0.1, 0.15) is 34.2 Å². The van der Waals surface area contributed by atoms with Gasteiger partial charge in [0.1, 0.15) is 0 Å². The van der Waals surface area contributed by atoms with Crippen LogP contribution in [0.3, 0.4) is 0 Å². The van der Waals surface area contributed by atoms with Gasteiger partial charge in [-0.1, -0.05) is 0 Å². The van der Waals surface area contributed by atoms with E-state index in [1.165, 1.54) is 11.8 Å². The minimum atomic E-state index is -2.94. The number of ketones is 1. The summed E-state index contributed by atoms with van der Waals surface area (Å²) in [6, 6.07) is 1.80. The van der Waals surface area contributed by atoms with E-state index >= 15 is 0 Å². The van der Waals surface area contributed by atoms with E-state index in [9.17, 15) is 13.2 Å². The topological polar surface area (TPSA) is 76.4 Å². The van der Waals surface area contributed by atoms with Crippen LogP contribution in [0.25, 0.3) is 0 Å². The molecule has 2 heterocycles. The molecule has 0 radical (unpaired) electrons. The van der Waals surface area contributed by atoms with Crippen molar-refractivity contribution in [2.45, 2.75) is 26.3 Å². The van der Waals surface area contributed by atoms with Crippen molar-refractivity contribution in [1.29, 1.82) is 0 Å². The Labute approximate surface area is 129 Å². The molecule has 0 unspecified atom stereocenters. The molecular formula is C14H21NO4S2. The number of carbonyl (C=O) groups excluding carboxylic acids is 1. The monoisotopic (exact) mass is 331 g/mol. The van der Waals surface area contributed by atoms with Crippen molar-refractivity contribution in [3.8, 4) is 0 Å². The third-order valence-electron chi connectivity index (χ3n) is 3.83. The molecule has 1 aromatic heterocycles. The highest BCUT2D eigenvalue weighted by molar-refractivity contribution is 8.00. The van der Waals surface area contributed by atoms with Gasteiger partial charge in [-0.05, 0) is 26.3 Å². The lowest BCUT2D eigenvalue weighted by Gasteiger charge is -2.16. The van der Waals surface area contributed by atoms with Crippen molar-refractivity contribution in [3.63, 3.8) is 0 Å². The van der Waals surface area contributed by atoms with Gasteiger partial charge >= 0.3 is 0 Å². The van der Waals surface area contributed by atoms with Crippen molar-refractivity contribution in [3.05, 3.63) is 23.0 Å². The van der Waals surface area contributed by atoms with Gasteiger partial charge in [0.2, 0.25) is 0 Å². The number of hydrogen-bond acceptors (Lipinski definition) is 5. The van der Waals surface area contributed by atoms with Crippen LogP contribution < -0.4 is 0 Å². The van der Waals surface area contributed by atoms with Crippen molar-refractivity contribution in [2.24, 2.45) is 0 Å². The molecule has 0 bridgehead atoms. The Bertz CT molecular complexity index is 634. The fraction of sp³-hybridized carbons (Fsp3) is 0.643. The highest BCUT2D eigenvalue weighted by Crippen LogP contribution is 2.29. The summed E-state index contributed by atoms with van der Waals surface area (Å²) in [5.74, 6) is 1.31. The number of aliphatic hydroxyl groups excluding tert-OH is 1. The molecule has 118 valence electrons. The van der Waals surface area contributed by atoms with Gasteiger partial charge in [0.25, 0.3) is 0 Å². The van der Waals surface area contributed by atoms with E-state index < -0.39 is 9.84 Å². The number of sulfone groups is 1. The molecule has 1 fully saturated rings. The Morgan fingerprint density at radius 2 is 2.19 bits per heavy atom. The molecule has 1 aromatic rings. The largest absolute Gasteiger partial charge is 0.396 e. The van der Waals surface area contributed by atoms with E-state index in [-0.39, 0.29) is 29.9 Å². The molecule has 0 aliphatic carbocycles. The number of thioether (sulfide) groups is 1. The number of aliphatic hydroxyl groups is 1. The maximum Gasteiger partial charge on any atom is 0.174 e. The maximum atomic E-state index is 12.2. The van der Waals surface area contributed by atoms with Crippen LogP contribution in [0.5, 0.6) is 0 Å². The normalized spacial score (nSPS) is 20.8. The third-order valence-corrected chi connectivity index (χ3v) is 6.52. The molecule has 21 heavy (non-hydrogen) atoms. The summed E-state index contributed by atoms with van der Waals surface area (Å²) >= 11 is 1.41. The van der Waals surface area contributed by atoms with E-state index in [1.807, 2.05) is 24.5 Å². The molecular weight excluding hydrogens is 310 g/mol. The number of nitrogens with zero attached hydrogens (tertiary/aromatic N) is 1. The molecule has 1 aliphatic heterocycles. The summed E-state index contributed by atoms with van der Waals surface area (Å²) in [7, 11) is -2.94. The van der Waals surface area contributed by atoms with Crippen LogP contribution in [0, 0.1) is 13.8 Å². The molecule has 1 aliphatic rings. The first-order valence-electron chi connectivity index (χ1n) is 6.96. The highest BCUT2D eigenvalue weighted by atomic mass is 32.2. The Kier molecular flexibility index (Phi) is 5.16. The molecule has 0 aromatic carbocycles. The molecule has 0 saturated carbocycles. The summed E-state index contributed by atoms with van der Waals surface area (Å²) < 4.78 is 25.3. The van der Waals surface area contributed by atoms with Gasteiger partial charge in [-0.15, -0.1) is 0 Å². The summed E-state index contributed by atoms with van der Waals surface area (Å²) in [6.07, 6.45) is 0.617. The molecule has 1 saturated heterocycles. The second-order valence-corrected chi connectivity index (χ2v) is 8.74. The van der Waals surface area contributed by atoms with Gasteiger partial charge in [0, 0.05) is 28.7 Å². The number of rotatable bonds is 6. The lowest BCUT2D eigenvalue weighted by atomic mass is 10.2. The zero-order valence-electron chi connectivity index (χ0n) is 12.3. The quantitative estimate of drug-likeness (QED) is 0.629. The van der Waals surface area contributed by atoms with Gasteiger partial charge in [0.05, 0.1) is 23.9 Å². The summed E-state index contributed by atoms with van der Waals surface area (Å²) in [5, 5.41) is 8.75. The predicted molar refractivity (Wildman–Crippen MR) is 85.0 cm³/mol. The second kappa shape index (κ2) is 6.54. The molecule has 5 nitrogen and oxygen atoms in total. The SMILES string of the molecule is Cc1cc(C(=O)CSCCO)c(C)n1[C@H]1CCS(=O)(=O)C1. The molecule has 2 rings (SSSR count). The van der Waals surface area contributed by atoms with Crippen LogP contribution in [0.4, 0.5) is 0 Å². The van der Waals surface area contributed by atoms with Crippen molar-refractivity contribution in [1.82, 2.24) is 4.57 Å². The Morgan fingerprint density at radius 1 is 1.48 bits per heavy atom. The lowest BCUT2D eigenvalue weighted by molar-refractivity contribution is 0.102. The van der Waals surface area contributed by atoms with Gasteiger partial charge in [0.15, 0.2) is 15.6 Å². The van der Waals surface area contributed by atoms with E-state index in [0.717, 1.165) is 11.4 Å². The van der Waals surface area contributed by atoms with Crippen LogP contribution in [-0.4, -0.2) is 53.5 Å². The Balaban J connectivity index is 2.20. The zero-order valence-corrected chi connectivity index (χ0v) is 14.0. The first-order valence-corrected chi connectivity index (χ1v) is 9.94. The second-order valence-electron chi connectivity index (χ2n) is 5.41. The van der Waals surface area contributed by atoms with Gasteiger partial charge in [-0.3, -0.25) is 4.79 Å². The fourth-order valence-electron chi connectivity index (χ4n) is 2.91. The number of carbonyl (C=O) groups is 1. The minimum Gasteiger partial charge on any atom is -0.396 e. The zero-order chi connectivity index (χ0) is 15.6. The van der Waals surface area contributed by atoms with Gasteiger partial charge < -0.3 is 9.67 Å². The van der Waals surface area contributed by atoms with Crippen LogP contribution >= 0.6 is 11.8 Å². The molecule has 0 amide bonds. The fourth-order valence-corrected chi connectivity index (χ4v) is 5.22. The first kappa shape index (κ1) is 16.6. The minimum absolute atomic E-state index is 0.0358. The van der Waals surface area contributed by atoms with E-state index in [1.54, 1.807) is 0 Å². The first-order chi connectivity index (χ1) is 9.85. The Morgan fingerprint density at radius 3 is 2.76 bits per heavy atom. The summed E-state index contributed by atoms with van der Waals surface area (Å²) in [5.41, 5.74) is 2.46. The summed E-state index contributed by atoms with van der Waals surface area (Å²) in [4.78, 5) is 12.2. The number of aromatic nitrogens is 1. The molecule has 0 spiro atoms. The van der Waals surface area contributed by atoms with E-state index in [4.69, 9.17) is 5.11 Å². The average molecular weight is 331 g/mol. The molecule has 1 atom stereocenters. The van der Waals surface area contributed by atoms with Gasteiger partial charge in [-0.25, -0.2) is 8.42 Å². The number of aryl methyl sites for hydroxylation is 1. The molecule has 1 N–H and O–H groups in total. The average Bonchev–Trinajstić information content (AvgIpc) is 2.89. The standard InChI is InChI=1S/C14H21NO4S2/c1-10-7-13(14(17)8-20-5-4-16)11(2)15(10)12-3-6-21(18,19)9-12/h7,12,16H,3-6,8-9H2,1-2H3/t12-/m0/s1. The van der Waals surface area contributed by atoms with Crippen molar-refractivity contribution >= 4 is 27.4 Å². The van der Waals surface area contributed by atoms with Crippen LogP contribution in [0.2, 0.25) is 0 Å².